The molecule has 0 fully saturated rings. The third-order valence-corrected chi connectivity index (χ3v) is 11.0. The lowest BCUT2D eigenvalue weighted by Gasteiger charge is -2.26. The van der Waals surface area contributed by atoms with Crippen LogP contribution in [0.2, 0.25) is 0 Å². The van der Waals surface area contributed by atoms with Crippen molar-refractivity contribution in [1.29, 1.82) is 0 Å². The molecule has 0 amide bonds. The smallest absolute Gasteiger partial charge is 0.124 e. The zero-order valence-electron chi connectivity index (χ0n) is 27.1. The standard InChI is InChI=1S/C47H30N2S/c1-2-7-31(8-3-1)32-18-22-38(23-19-32)49(40-26-27-42-43-11-6-28-48-47(43)50-45(42)30-40)39-24-20-33(21-25-39)37-17-14-35-13-16-36-15-12-34-9-4-5-10-41(34)46(36)44(35)29-37/h1-30H. The van der Waals surface area contributed by atoms with Crippen LogP contribution in [0.1, 0.15) is 0 Å². The third-order valence-electron chi connectivity index (χ3n) is 9.91. The van der Waals surface area contributed by atoms with Crippen molar-refractivity contribution in [3.05, 3.63) is 182 Å². The van der Waals surface area contributed by atoms with Crippen LogP contribution in [-0.2, 0) is 0 Å². The van der Waals surface area contributed by atoms with Gasteiger partial charge in [-0.2, -0.15) is 0 Å². The number of nitrogens with zero attached hydrogens (tertiary/aromatic N) is 2. The van der Waals surface area contributed by atoms with Gasteiger partial charge >= 0.3 is 0 Å². The average molecular weight is 655 g/mol. The lowest BCUT2D eigenvalue weighted by molar-refractivity contribution is 1.29. The Morgan fingerprint density at radius 3 is 1.74 bits per heavy atom. The molecule has 0 aliphatic rings. The summed E-state index contributed by atoms with van der Waals surface area (Å²) in [4.78, 5) is 8.07. The topological polar surface area (TPSA) is 16.1 Å². The zero-order chi connectivity index (χ0) is 33.0. The number of hydrogen-bond donors (Lipinski definition) is 0. The molecule has 10 aromatic rings. The van der Waals surface area contributed by atoms with Crippen molar-refractivity contribution in [3.8, 4) is 22.3 Å². The van der Waals surface area contributed by atoms with Crippen LogP contribution in [0.4, 0.5) is 17.1 Å². The summed E-state index contributed by atoms with van der Waals surface area (Å²) in [7, 11) is 0. The van der Waals surface area contributed by atoms with Crippen molar-refractivity contribution in [2.24, 2.45) is 0 Å². The molecule has 8 aromatic carbocycles. The van der Waals surface area contributed by atoms with Crippen LogP contribution in [0.5, 0.6) is 0 Å². The van der Waals surface area contributed by atoms with E-state index in [1.54, 1.807) is 11.3 Å². The molecule has 234 valence electrons. The summed E-state index contributed by atoms with van der Waals surface area (Å²) in [5, 5.41) is 10.1. The Kier molecular flexibility index (Phi) is 6.71. The van der Waals surface area contributed by atoms with E-state index in [0.717, 1.165) is 21.9 Å². The van der Waals surface area contributed by atoms with Gasteiger partial charge in [0.1, 0.15) is 4.83 Å². The number of fused-ring (bicyclic) bond motifs is 8. The van der Waals surface area contributed by atoms with Gasteiger partial charge in [-0.15, -0.1) is 11.3 Å². The van der Waals surface area contributed by atoms with Crippen LogP contribution in [0.25, 0.3) is 74.9 Å². The molecule has 0 saturated carbocycles. The Hall–Kier alpha value is -6.29. The van der Waals surface area contributed by atoms with E-state index < -0.39 is 0 Å². The van der Waals surface area contributed by atoms with Crippen LogP contribution in [-0.4, -0.2) is 4.98 Å². The SMILES string of the molecule is c1ccc(-c2ccc(N(c3ccc(-c4ccc5ccc6ccc7ccccc7c6c5c4)cc3)c3ccc4c(c3)sc3ncccc34)cc2)cc1. The highest BCUT2D eigenvalue weighted by Gasteiger charge is 2.16. The summed E-state index contributed by atoms with van der Waals surface area (Å²) in [6.45, 7) is 0. The van der Waals surface area contributed by atoms with E-state index in [0.29, 0.717) is 0 Å². The predicted molar refractivity (Wildman–Crippen MR) is 215 cm³/mol. The van der Waals surface area contributed by atoms with Crippen LogP contribution in [0.15, 0.2) is 182 Å². The van der Waals surface area contributed by atoms with Gasteiger partial charge in [0.2, 0.25) is 0 Å². The van der Waals surface area contributed by atoms with Crippen molar-refractivity contribution in [1.82, 2.24) is 4.98 Å². The minimum atomic E-state index is 1.07. The van der Waals surface area contributed by atoms with Crippen LogP contribution >= 0.6 is 11.3 Å². The highest BCUT2D eigenvalue weighted by atomic mass is 32.1. The molecule has 0 unspecified atom stereocenters. The molecule has 0 aliphatic heterocycles. The lowest BCUT2D eigenvalue weighted by Crippen LogP contribution is -2.09. The molecule has 2 nitrogen and oxygen atoms in total. The van der Waals surface area contributed by atoms with Crippen molar-refractivity contribution >= 4 is 81.0 Å². The molecule has 0 atom stereocenters. The van der Waals surface area contributed by atoms with E-state index in [-0.39, 0.29) is 0 Å². The second-order valence-electron chi connectivity index (χ2n) is 12.8. The molecular formula is C47H30N2S. The highest BCUT2D eigenvalue weighted by Crippen LogP contribution is 2.41. The number of thiophene rings is 1. The third kappa shape index (κ3) is 4.82. The lowest BCUT2D eigenvalue weighted by atomic mass is 9.94. The molecule has 2 heterocycles. The Morgan fingerprint density at radius 2 is 0.960 bits per heavy atom. The number of rotatable bonds is 5. The fourth-order valence-electron chi connectivity index (χ4n) is 7.43. The van der Waals surface area contributed by atoms with Crippen LogP contribution < -0.4 is 4.90 Å². The molecule has 10 rings (SSSR count). The molecule has 0 saturated heterocycles. The Morgan fingerprint density at radius 1 is 0.380 bits per heavy atom. The summed E-state index contributed by atoms with van der Waals surface area (Å²) >= 11 is 1.75. The van der Waals surface area contributed by atoms with E-state index in [9.17, 15) is 0 Å². The molecular weight excluding hydrogens is 625 g/mol. The van der Waals surface area contributed by atoms with Gasteiger partial charge in [-0.25, -0.2) is 4.98 Å². The first-order valence-corrected chi connectivity index (χ1v) is 17.8. The van der Waals surface area contributed by atoms with Gasteiger partial charge in [-0.1, -0.05) is 121 Å². The molecule has 0 radical (unpaired) electrons. The fraction of sp³-hybridized carbons (Fsp3) is 0. The van der Waals surface area contributed by atoms with Crippen LogP contribution in [0, 0.1) is 0 Å². The first-order chi connectivity index (χ1) is 24.8. The molecule has 2 aromatic heterocycles. The average Bonchev–Trinajstić information content (AvgIpc) is 3.56. The van der Waals surface area contributed by atoms with Crippen molar-refractivity contribution < 1.29 is 0 Å². The van der Waals surface area contributed by atoms with Gasteiger partial charge in [0.05, 0.1) is 0 Å². The largest absolute Gasteiger partial charge is 0.310 e. The Labute approximate surface area is 294 Å². The van der Waals surface area contributed by atoms with Crippen molar-refractivity contribution in [2.75, 3.05) is 4.90 Å². The number of benzene rings is 8. The zero-order valence-corrected chi connectivity index (χ0v) is 27.9. The molecule has 3 heteroatoms. The minimum absolute atomic E-state index is 1.07. The van der Waals surface area contributed by atoms with Crippen molar-refractivity contribution in [2.45, 2.75) is 0 Å². The summed E-state index contributed by atoms with van der Waals surface area (Å²) < 4.78 is 1.23. The maximum Gasteiger partial charge on any atom is 0.124 e. The summed E-state index contributed by atoms with van der Waals surface area (Å²) in [5.74, 6) is 0. The number of anilines is 3. The number of hydrogen-bond acceptors (Lipinski definition) is 3. The summed E-state index contributed by atoms with van der Waals surface area (Å²) in [6, 6.07) is 64.0. The summed E-state index contributed by atoms with van der Waals surface area (Å²) in [6.07, 6.45) is 1.88. The highest BCUT2D eigenvalue weighted by molar-refractivity contribution is 7.25. The van der Waals surface area contributed by atoms with E-state index >= 15 is 0 Å². The van der Waals surface area contributed by atoms with E-state index in [1.165, 1.54) is 70.0 Å². The van der Waals surface area contributed by atoms with Gasteiger partial charge in [0, 0.05) is 38.7 Å². The maximum atomic E-state index is 4.64. The molecule has 0 spiro atoms. The second-order valence-corrected chi connectivity index (χ2v) is 13.9. The number of aromatic nitrogens is 1. The molecule has 0 bridgehead atoms. The maximum absolute atomic E-state index is 4.64. The Bertz CT molecular complexity index is 2850. The molecule has 0 N–H and O–H groups in total. The van der Waals surface area contributed by atoms with Gasteiger partial charge in [0.25, 0.3) is 0 Å². The van der Waals surface area contributed by atoms with Gasteiger partial charge in [0.15, 0.2) is 0 Å². The monoisotopic (exact) mass is 654 g/mol. The summed E-state index contributed by atoms with van der Waals surface area (Å²) in [5.41, 5.74) is 8.16. The second kappa shape index (κ2) is 11.7. The van der Waals surface area contributed by atoms with Crippen molar-refractivity contribution in [3.63, 3.8) is 0 Å². The Balaban J connectivity index is 1.08. The van der Waals surface area contributed by atoms with Gasteiger partial charge in [-0.05, 0) is 109 Å². The number of pyridine rings is 1. The molecule has 50 heavy (non-hydrogen) atoms. The first-order valence-electron chi connectivity index (χ1n) is 16.9. The first kappa shape index (κ1) is 28.7. The van der Waals surface area contributed by atoms with E-state index in [2.05, 4.69) is 180 Å². The van der Waals surface area contributed by atoms with Gasteiger partial charge in [-0.3, -0.25) is 0 Å². The normalized spacial score (nSPS) is 11.6. The van der Waals surface area contributed by atoms with Crippen LogP contribution in [0.3, 0.4) is 0 Å². The van der Waals surface area contributed by atoms with Gasteiger partial charge < -0.3 is 4.90 Å². The minimum Gasteiger partial charge on any atom is -0.310 e. The predicted octanol–water partition coefficient (Wildman–Crippen LogP) is 13.7. The van der Waals surface area contributed by atoms with E-state index in [4.69, 9.17) is 0 Å². The van der Waals surface area contributed by atoms with E-state index in [1.807, 2.05) is 12.3 Å². The quantitative estimate of drug-likeness (QED) is 0.172. The fourth-order valence-corrected chi connectivity index (χ4v) is 8.50. The molecule has 0 aliphatic carbocycles.